The minimum absolute atomic E-state index is 0.132. The van der Waals surface area contributed by atoms with E-state index in [0.717, 1.165) is 12.1 Å². The molecule has 1 aliphatic heterocycles. The molecular formula is C12H12F3N3O. The van der Waals surface area contributed by atoms with E-state index in [2.05, 4.69) is 0 Å². The van der Waals surface area contributed by atoms with Crippen molar-refractivity contribution in [2.75, 3.05) is 18.1 Å². The SMILES string of the molecule is NC(=O)N1CC=CN(c2cccc(C(F)(F)F)c2)C1. The Morgan fingerprint density at radius 2 is 2.05 bits per heavy atom. The van der Waals surface area contributed by atoms with Crippen LogP contribution in [-0.2, 0) is 6.18 Å². The molecule has 2 amide bonds. The van der Waals surface area contributed by atoms with Crippen LogP contribution in [0.2, 0.25) is 0 Å². The van der Waals surface area contributed by atoms with Gasteiger partial charge in [0, 0.05) is 18.4 Å². The van der Waals surface area contributed by atoms with Crippen molar-refractivity contribution in [3.8, 4) is 0 Å². The molecule has 2 rings (SSSR count). The third kappa shape index (κ3) is 2.98. The summed E-state index contributed by atoms with van der Waals surface area (Å²) in [6, 6.07) is 4.30. The van der Waals surface area contributed by atoms with Crippen LogP contribution in [-0.4, -0.2) is 24.1 Å². The first-order chi connectivity index (χ1) is 8.88. The molecule has 0 unspecified atom stereocenters. The summed E-state index contributed by atoms with van der Waals surface area (Å²) in [5, 5.41) is 0. The van der Waals surface area contributed by atoms with Crippen molar-refractivity contribution >= 4 is 11.7 Å². The molecule has 0 bridgehead atoms. The number of benzene rings is 1. The summed E-state index contributed by atoms with van der Waals surface area (Å²) in [6.45, 7) is 0.484. The van der Waals surface area contributed by atoms with Crippen LogP contribution < -0.4 is 10.6 Å². The van der Waals surface area contributed by atoms with Gasteiger partial charge >= 0.3 is 12.2 Å². The Labute approximate surface area is 107 Å². The largest absolute Gasteiger partial charge is 0.416 e. The molecule has 0 aromatic heterocycles. The van der Waals surface area contributed by atoms with Crippen molar-refractivity contribution in [2.45, 2.75) is 6.18 Å². The van der Waals surface area contributed by atoms with Gasteiger partial charge in [0.1, 0.15) is 0 Å². The summed E-state index contributed by atoms with van der Waals surface area (Å²) in [5.74, 6) is 0. The van der Waals surface area contributed by atoms with Crippen LogP contribution in [0, 0.1) is 0 Å². The molecule has 0 saturated carbocycles. The lowest BCUT2D eigenvalue weighted by Crippen LogP contribution is -2.45. The molecule has 7 heteroatoms. The third-order valence-corrected chi connectivity index (χ3v) is 2.75. The summed E-state index contributed by atoms with van der Waals surface area (Å²) < 4.78 is 37.9. The molecule has 1 aliphatic rings. The summed E-state index contributed by atoms with van der Waals surface area (Å²) >= 11 is 0. The first kappa shape index (κ1) is 13.3. The number of alkyl halides is 3. The number of rotatable bonds is 1. The highest BCUT2D eigenvalue weighted by Gasteiger charge is 2.31. The van der Waals surface area contributed by atoms with Gasteiger partial charge in [-0.3, -0.25) is 0 Å². The minimum atomic E-state index is -4.39. The number of nitrogens with two attached hydrogens (primary N) is 1. The Hall–Kier alpha value is -2.18. The number of carbonyl (C=O) groups excluding carboxylic acids is 1. The number of urea groups is 1. The summed E-state index contributed by atoms with van der Waals surface area (Å²) in [7, 11) is 0. The van der Waals surface area contributed by atoms with Crippen molar-refractivity contribution in [2.24, 2.45) is 5.73 Å². The van der Waals surface area contributed by atoms with Gasteiger partial charge in [0.15, 0.2) is 0 Å². The van der Waals surface area contributed by atoms with Crippen LogP contribution >= 0.6 is 0 Å². The van der Waals surface area contributed by atoms with E-state index in [1.807, 2.05) is 0 Å². The fraction of sp³-hybridized carbons (Fsp3) is 0.250. The maximum absolute atomic E-state index is 12.6. The van der Waals surface area contributed by atoms with Crippen LogP contribution in [0.25, 0.3) is 0 Å². The molecule has 19 heavy (non-hydrogen) atoms. The van der Waals surface area contributed by atoms with Crippen LogP contribution in [0.3, 0.4) is 0 Å². The number of hydrogen-bond donors (Lipinski definition) is 1. The lowest BCUT2D eigenvalue weighted by Gasteiger charge is -2.31. The minimum Gasteiger partial charge on any atom is -0.351 e. The van der Waals surface area contributed by atoms with Crippen molar-refractivity contribution in [3.05, 3.63) is 42.1 Å². The molecule has 0 saturated heterocycles. The van der Waals surface area contributed by atoms with Gasteiger partial charge in [-0.25, -0.2) is 4.79 Å². The van der Waals surface area contributed by atoms with Crippen LogP contribution in [0.5, 0.6) is 0 Å². The standard InChI is InChI=1S/C12H12F3N3O/c13-12(14,15)9-3-1-4-10(7-9)17-5-2-6-18(8-17)11(16)19/h1-5,7H,6,8H2,(H2,16,19). The van der Waals surface area contributed by atoms with Gasteiger partial charge < -0.3 is 15.5 Å². The molecule has 0 radical (unpaired) electrons. The van der Waals surface area contributed by atoms with Crippen LogP contribution in [0.4, 0.5) is 23.7 Å². The summed E-state index contributed by atoms with van der Waals surface area (Å²) in [4.78, 5) is 13.9. The Balaban J connectivity index is 2.25. The van der Waals surface area contributed by atoms with Crippen molar-refractivity contribution in [1.29, 1.82) is 0 Å². The lowest BCUT2D eigenvalue weighted by atomic mass is 10.2. The first-order valence-corrected chi connectivity index (χ1v) is 5.53. The Bertz CT molecular complexity index is 513. The number of primary amides is 1. The Kier molecular flexibility index (Phi) is 3.37. The maximum Gasteiger partial charge on any atom is 0.416 e. The molecule has 102 valence electrons. The second kappa shape index (κ2) is 4.83. The zero-order valence-corrected chi connectivity index (χ0v) is 9.89. The molecule has 0 fully saturated rings. The highest BCUT2D eigenvalue weighted by atomic mass is 19.4. The highest BCUT2D eigenvalue weighted by molar-refractivity contribution is 5.73. The number of nitrogens with zero attached hydrogens (tertiary/aromatic N) is 2. The quantitative estimate of drug-likeness (QED) is 0.852. The molecule has 0 atom stereocenters. The molecule has 1 heterocycles. The first-order valence-electron chi connectivity index (χ1n) is 5.53. The smallest absolute Gasteiger partial charge is 0.351 e. The number of carbonyl (C=O) groups is 1. The number of hydrogen-bond acceptors (Lipinski definition) is 2. The second-order valence-electron chi connectivity index (χ2n) is 4.10. The molecule has 2 N–H and O–H groups in total. The average molecular weight is 271 g/mol. The van der Waals surface area contributed by atoms with E-state index >= 15 is 0 Å². The summed E-state index contributed by atoms with van der Waals surface area (Å²) in [6.07, 6.45) is -1.09. The topological polar surface area (TPSA) is 49.6 Å². The molecule has 1 aromatic carbocycles. The van der Waals surface area contributed by atoms with Gasteiger partial charge in [0.25, 0.3) is 0 Å². The Morgan fingerprint density at radius 3 is 2.68 bits per heavy atom. The molecular weight excluding hydrogens is 259 g/mol. The van der Waals surface area contributed by atoms with E-state index in [-0.39, 0.29) is 6.67 Å². The number of amides is 2. The maximum atomic E-state index is 12.6. The predicted octanol–water partition coefficient (Wildman–Crippen LogP) is 2.38. The Morgan fingerprint density at radius 1 is 1.32 bits per heavy atom. The lowest BCUT2D eigenvalue weighted by molar-refractivity contribution is -0.137. The van der Waals surface area contributed by atoms with E-state index in [9.17, 15) is 18.0 Å². The van der Waals surface area contributed by atoms with Gasteiger partial charge in [-0.1, -0.05) is 6.07 Å². The van der Waals surface area contributed by atoms with Gasteiger partial charge in [-0.2, -0.15) is 13.2 Å². The second-order valence-corrected chi connectivity index (χ2v) is 4.10. The highest BCUT2D eigenvalue weighted by Crippen LogP contribution is 2.32. The van der Waals surface area contributed by atoms with Crippen LogP contribution in [0.15, 0.2) is 36.5 Å². The number of anilines is 1. The molecule has 0 spiro atoms. The average Bonchev–Trinajstić information content (AvgIpc) is 2.38. The number of halogens is 3. The molecule has 4 nitrogen and oxygen atoms in total. The van der Waals surface area contributed by atoms with Gasteiger partial charge in [-0.05, 0) is 24.3 Å². The molecule has 1 aromatic rings. The van der Waals surface area contributed by atoms with E-state index < -0.39 is 17.8 Å². The summed E-state index contributed by atoms with van der Waals surface area (Å²) in [5.41, 5.74) is 4.78. The van der Waals surface area contributed by atoms with Crippen molar-refractivity contribution in [1.82, 2.24) is 4.90 Å². The molecule has 0 aliphatic carbocycles. The predicted molar refractivity (Wildman–Crippen MR) is 64.2 cm³/mol. The van der Waals surface area contributed by atoms with Crippen LogP contribution in [0.1, 0.15) is 5.56 Å². The van der Waals surface area contributed by atoms with Crippen molar-refractivity contribution in [3.63, 3.8) is 0 Å². The zero-order valence-electron chi connectivity index (χ0n) is 9.89. The van der Waals surface area contributed by atoms with E-state index in [1.165, 1.54) is 15.9 Å². The third-order valence-electron chi connectivity index (χ3n) is 2.75. The fourth-order valence-corrected chi connectivity index (χ4v) is 1.78. The fourth-order valence-electron chi connectivity index (χ4n) is 1.78. The van der Waals surface area contributed by atoms with E-state index in [4.69, 9.17) is 5.73 Å². The monoisotopic (exact) mass is 271 g/mol. The van der Waals surface area contributed by atoms with E-state index in [0.29, 0.717) is 12.2 Å². The van der Waals surface area contributed by atoms with Gasteiger partial charge in [-0.15, -0.1) is 0 Å². The van der Waals surface area contributed by atoms with E-state index in [1.54, 1.807) is 18.3 Å². The normalized spacial score (nSPS) is 15.7. The zero-order chi connectivity index (χ0) is 14.0. The van der Waals surface area contributed by atoms with Crippen molar-refractivity contribution < 1.29 is 18.0 Å². The van der Waals surface area contributed by atoms with Gasteiger partial charge in [0.05, 0.1) is 12.2 Å². The van der Waals surface area contributed by atoms with Gasteiger partial charge in [0.2, 0.25) is 0 Å².